The Hall–Kier alpha value is -1.62. The molecule has 2 atom stereocenters. The summed E-state index contributed by atoms with van der Waals surface area (Å²) in [5.74, 6) is 0.335. The molecule has 2 aliphatic heterocycles. The zero-order valence-corrected chi connectivity index (χ0v) is 14.8. The summed E-state index contributed by atoms with van der Waals surface area (Å²) in [5.41, 5.74) is 1.08. The third kappa shape index (κ3) is 3.27. The maximum Gasteiger partial charge on any atom is 0.248 e. The van der Waals surface area contributed by atoms with Crippen molar-refractivity contribution in [2.45, 2.75) is 45.2 Å². The summed E-state index contributed by atoms with van der Waals surface area (Å²) in [6.07, 6.45) is 1.98. The molecule has 0 radical (unpaired) electrons. The van der Waals surface area contributed by atoms with Crippen LogP contribution in [-0.4, -0.2) is 48.7 Å². The zero-order valence-electron chi connectivity index (χ0n) is 14.8. The number of amides is 1. The smallest absolute Gasteiger partial charge is 0.248 e. The van der Waals surface area contributed by atoms with E-state index in [0.29, 0.717) is 18.6 Å². The van der Waals surface area contributed by atoms with Gasteiger partial charge in [-0.3, -0.25) is 4.79 Å². The molecule has 132 valence electrons. The molecule has 2 heterocycles. The first-order valence-electron chi connectivity index (χ1n) is 8.83. The molecule has 1 aromatic rings. The van der Waals surface area contributed by atoms with Crippen molar-refractivity contribution >= 4 is 11.6 Å². The predicted octanol–water partition coefficient (Wildman–Crippen LogP) is 3.07. The number of likely N-dealkylation sites (tertiary alicyclic amines) is 1. The van der Waals surface area contributed by atoms with Crippen molar-refractivity contribution in [3.8, 4) is 0 Å². The Labute approximate surface area is 143 Å². The Morgan fingerprint density at radius 2 is 2.04 bits per heavy atom. The quantitative estimate of drug-likeness (QED) is 0.848. The lowest BCUT2D eigenvalue weighted by Crippen LogP contribution is -2.50. The highest BCUT2D eigenvalue weighted by Crippen LogP contribution is 2.44. The van der Waals surface area contributed by atoms with Crippen LogP contribution in [0.5, 0.6) is 0 Å². The second-order valence-electron chi connectivity index (χ2n) is 7.46. The number of nitrogens with zero attached hydrogens (tertiary/aromatic N) is 2. The summed E-state index contributed by atoms with van der Waals surface area (Å²) >= 11 is 0. The van der Waals surface area contributed by atoms with Crippen LogP contribution in [0.3, 0.4) is 0 Å². The average Bonchev–Trinajstić information content (AvgIpc) is 2.82. The second kappa shape index (κ2) is 6.71. The number of benzene rings is 1. The monoisotopic (exact) mass is 334 g/mol. The number of halogens is 1. The largest absolute Gasteiger partial charge is 0.372 e. The SMILES string of the molecule is CCOCC(=O)N1CC[C@H]2[C@@H](C1)CC(C)(C)N2c1ccc(F)cc1. The van der Waals surface area contributed by atoms with Crippen molar-refractivity contribution in [2.75, 3.05) is 31.2 Å². The van der Waals surface area contributed by atoms with Gasteiger partial charge < -0.3 is 14.5 Å². The van der Waals surface area contributed by atoms with Gasteiger partial charge in [0.05, 0.1) is 0 Å². The number of anilines is 1. The van der Waals surface area contributed by atoms with Gasteiger partial charge in [-0.15, -0.1) is 0 Å². The van der Waals surface area contributed by atoms with Crippen molar-refractivity contribution in [2.24, 2.45) is 5.92 Å². The minimum atomic E-state index is -0.205. The van der Waals surface area contributed by atoms with Gasteiger partial charge in [0, 0.05) is 37.0 Å². The Balaban J connectivity index is 1.74. The molecule has 0 saturated carbocycles. The molecule has 2 aliphatic rings. The van der Waals surface area contributed by atoms with E-state index < -0.39 is 0 Å². The lowest BCUT2D eigenvalue weighted by molar-refractivity contribution is -0.137. The van der Waals surface area contributed by atoms with E-state index in [1.165, 1.54) is 12.1 Å². The number of fused-ring (bicyclic) bond motifs is 1. The molecular weight excluding hydrogens is 307 g/mol. The topological polar surface area (TPSA) is 32.8 Å². The van der Waals surface area contributed by atoms with Gasteiger partial charge in [0.15, 0.2) is 0 Å². The van der Waals surface area contributed by atoms with Crippen molar-refractivity contribution < 1.29 is 13.9 Å². The highest BCUT2D eigenvalue weighted by Gasteiger charge is 2.48. The highest BCUT2D eigenvalue weighted by atomic mass is 19.1. The molecule has 0 unspecified atom stereocenters. The van der Waals surface area contributed by atoms with Gasteiger partial charge in [0.2, 0.25) is 5.91 Å². The van der Waals surface area contributed by atoms with Gasteiger partial charge >= 0.3 is 0 Å². The van der Waals surface area contributed by atoms with E-state index in [4.69, 9.17) is 4.74 Å². The van der Waals surface area contributed by atoms with Gasteiger partial charge in [-0.2, -0.15) is 0 Å². The van der Waals surface area contributed by atoms with E-state index in [1.54, 1.807) is 0 Å². The van der Waals surface area contributed by atoms with E-state index in [2.05, 4.69) is 18.7 Å². The normalized spacial score (nSPS) is 25.7. The number of rotatable bonds is 4. The molecule has 0 N–H and O–H groups in total. The van der Waals surface area contributed by atoms with Gasteiger partial charge in [-0.05, 0) is 63.8 Å². The second-order valence-corrected chi connectivity index (χ2v) is 7.46. The standard InChI is InChI=1S/C19H27FN2O2/c1-4-24-13-18(23)21-10-9-17-14(12-21)11-19(2,3)22(17)16-7-5-15(20)6-8-16/h5-8,14,17H,4,9-13H2,1-3H3/t14-,17+/m1/s1. The molecule has 1 aromatic carbocycles. The lowest BCUT2D eigenvalue weighted by atomic mass is 9.90. The Morgan fingerprint density at radius 3 is 2.71 bits per heavy atom. The summed E-state index contributed by atoms with van der Waals surface area (Å²) in [5, 5.41) is 0. The maximum atomic E-state index is 13.3. The molecule has 5 heteroatoms. The van der Waals surface area contributed by atoms with Crippen molar-refractivity contribution in [3.63, 3.8) is 0 Å². The maximum absolute atomic E-state index is 13.3. The fourth-order valence-corrected chi connectivity index (χ4v) is 4.40. The Kier molecular flexibility index (Phi) is 4.81. The molecule has 0 aliphatic carbocycles. The van der Waals surface area contributed by atoms with Crippen LogP contribution in [0.25, 0.3) is 0 Å². The van der Waals surface area contributed by atoms with E-state index in [-0.39, 0.29) is 23.9 Å². The molecular formula is C19H27FN2O2. The van der Waals surface area contributed by atoms with E-state index in [0.717, 1.165) is 31.6 Å². The number of carbonyl (C=O) groups is 1. The minimum absolute atomic E-state index is 0.00609. The van der Waals surface area contributed by atoms with Crippen LogP contribution in [0.1, 0.15) is 33.6 Å². The van der Waals surface area contributed by atoms with Crippen molar-refractivity contribution in [1.29, 1.82) is 0 Å². The Bertz CT molecular complexity index is 588. The summed E-state index contributed by atoms with van der Waals surface area (Å²) in [4.78, 5) is 16.6. The van der Waals surface area contributed by atoms with Crippen LogP contribution in [0.15, 0.2) is 24.3 Å². The first-order valence-corrected chi connectivity index (χ1v) is 8.83. The molecule has 24 heavy (non-hydrogen) atoms. The fourth-order valence-electron chi connectivity index (χ4n) is 4.40. The van der Waals surface area contributed by atoms with Gasteiger partial charge in [-0.25, -0.2) is 4.39 Å². The zero-order chi connectivity index (χ0) is 17.3. The third-order valence-corrected chi connectivity index (χ3v) is 5.33. The number of ether oxygens (including phenoxy) is 1. The molecule has 0 bridgehead atoms. The molecule has 2 saturated heterocycles. The summed E-state index contributed by atoms with van der Waals surface area (Å²) in [7, 11) is 0. The van der Waals surface area contributed by atoms with Crippen LogP contribution in [0, 0.1) is 11.7 Å². The number of hydrogen-bond donors (Lipinski definition) is 0. The first-order chi connectivity index (χ1) is 11.4. The third-order valence-electron chi connectivity index (χ3n) is 5.33. The molecule has 0 spiro atoms. The number of piperidine rings is 1. The molecule has 2 fully saturated rings. The van der Waals surface area contributed by atoms with Gasteiger partial charge in [-0.1, -0.05) is 0 Å². The average molecular weight is 334 g/mol. The lowest BCUT2D eigenvalue weighted by Gasteiger charge is -2.41. The van der Waals surface area contributed by atoms with Crippen LogP contribution >= 0.6 is 0 Å². The van der Waals surface area contributed by atoms with Gasteiger partial charge in [0.25, 0.3) is 0 Å². The summed E-state index contributed by atoms with van der Waals surface area (Å²) in [6.45, 7) is 8.68. The molecule has 1 amide bonds. The highest BCUT2D eigenvalue weighted by molar-refractivity contribution is 5.77. The van der Waals surface area contributed by atoms with Crippen molar-refractivity contribution in [1.82, 2.24) is 4.90 Å². The minimum Gasteiger partial charge on any atom is -0.372 e. The number of carbonyl (C=O) groups excluding carboxylic acids is 1. The number of hydrogen-bond acceptors (Lipinski definition) is 3. The molecule has 4 nitrogen and oxygen atoms in total. The van der Waals surface area contributed by atoms with Crippen LogP contribution in [0.4, 0.5) is 10.1 Å². The summed E-state index contributed by atoms with van der Waals surface area (Å²) < 4.78 is 18.5. The van der Waals surface area contributed by atoms with E-state index >= 15 is 0 Å². The van der Waals surface area contributed by atoms with E-state index in [1.807, 2.05) is 24.0 Å². The molecule has 0 aromatic heterocycles. The van der Waals surface area contributed by atoms with Crippen LogP contribution in [-0.2, 0) is 9.53 Å². The summed E-state index contributed by atoms with van der Waals surface area (Å²) in [6, 6.07) is 7.19. The predicted molar refractivity (Wildman–Crippen MR) is 92.5 cm³/mol. The van der Waals surface area contributed by atoms with Crippen molar-refractivity contribution in [3.05, 3.63) is 30.1 Å². The fraction of sp³-hybridized carbons (Fsp3) is 0.632. The molecule has 3 rings (SSSR count). The Morgan fingerprint density at radius 1 is 1.33 bits per heavy atom. The van der Waals surface area contributed by atoms with Gasteiger partial charge in [0.1, 0.15) is 12.4 Å². The van der Waals surface area contributed by atoms with Crippen LogP contribution in [0.2, 0.25) is 0 Å². The van der Waals surface area contributed by atoms with Crippen LogP contribution < -0.4 is 4.90 Å². The first kappa shape index (κ1) is 17.2. The van der Waals surface area contributed by atoms with E-state index in [9.17, 15) is 9.18 Å².